The predicted octanol–water partition coefficient (Wildman–Crippen LogP) is 3.00. The Kier molecular flexibility index (Phi) is 3.28. The minimum Gasteiger partial charge on any atom is -0.482 e. The van der Waals surface area contributed by atoms with Gasteiger partial charge in [0.05, 0.1) is 10.7 Å². The molecule has 0 saturated heterocycles. The van der Waals surface area contributed by atoms with Gasteiger partial charge >= 0.3 is 6.18 Å². The van der Waals surface area contributed by atoms with Gasteiger partial charge in [-0.15, -0.1) is 0 Å². The lowest BCUT2D eigenvalue weighted by Crippen LogP contribution is -2.19. The van der Waals surface area contributed by atoms with Crippen LogP contribution in [-0.2, 0) is 0 Å². The summed E-state index contributed by atoms with van der Waals surface area (Å²) in [6, 6.07) is 1.70. The second kappa shape index (κ2) is 4.14. The number of alkyl halides is 3. The number of anilines is 1. The van der Waals surface area contributed by atoms with E-state index in [1.54, 1.807) is 0 Å². The molecule has 1 rings (SSSR count). The van der Waals surface area contributed by atoms with E-state index < -0.39 is 18.6 Å². The zero-order valence-corrected chi connectivity index (χ0v) is 7.99. The third-order valence-electron chi connectivity index (χ3n) is 1.44. The summed E-state index contributed by atoms with van der Waals surface area (Å²) in [4.78, 5) is 0. The van der Waals surface area contributed by atoms with Crippen molar-refractivity contribution >= 4 is 17.3 Å². The average Bonchev–Trinajstić information content (AvgIpc) is 2.07. The van der Waals surface area contributed by atoms with Crippen LogP contribution < -0.4 is 10.5 Å². The molecule has 0 aromatic heterocycles. The van der Waals surface area contributed by atoms with E-state index in [-0.39, 0.29) is 16.5 Å². The van der Waals surface area contributed by atoms with Crippen molar-refractivity contribution in [3.05, 3.63) is 23.0 Å². The Balaban J connectivity index is 2.82. The van der Waals surface area contributed by atoms with Crippen molar-refractivity contribution in [2.75, 3.05) is 12.3 Å². The highest BCUT2D eigenvalue weighted by Gasteiger charge is 2.28. The second-order valence-corrected chi connectivity index (χ2v) is 3.12. The number of hydrogen-bond acceptors (Lipinski definition) is 2. The van der Waals surface area contributed by atoms with Gasteiger partial charge in [0, 0.05) is 12.1 Å². The topological polar surface area (TPSA) is 35.2 Å². The Morgan fingerprint density at radius 2 is 1.93 bits per heavy atom. The summed E-state index contributed by atoms with van der Waals surface area (Å²) >= 11 is 5.34. The Hall–Kier alpha value is -1.17. The van der Waals surface area contributed by atoms with Gasteiger partial charge in [-0.2, -0.15) is 13.2 Å². The first-order valence-corrected chi connectivity index (χ1v) is 4.11. The maximum absolute atomic E-state index is 12.7. The molecule has 0 aliphatic rings. The fourth-order valence-electron chi connectivity index (χ4n) is 0.829. The van der Waals surface area contributed by atoms with Crippen molar-refractivity contribution < 1.29 is 22.3 Å². The first kappa shape index (κ1) is 11.9. The highest BCUT2D eigenvalue weighted by atomic mass is 35.5. The smallest absolute Gasteiger partial charge is 0.422 e. The maximum Gasteiger partial charge on any atom is 0.422 e. The second-order valence-electron chi connectivity index (χ2n) is 2.71. The van der Waals surface area contributed by atoms with Crippen LogP contribution in [0.4, 0.5) is 23.2 Å². The summed E-state index contributed by atoms with van der Waals surface area (Å²) in [5.41, 5.74) is 4.99. The average molecular weight is 244 g/mol. The lowest BCUT2D eigenvalue weighted by Gasteiger charge is -2.11. The highest BCUT2D eigenvalue weighted by molar-refractivity contribution is 6.31. The minimum absolute atomic E-state index is 0.235. The van der Waals surface area contributed by atoms with Gasteiger partial charge in [0.2, 0.25) is 0 Å². The molecule has 2 N–H and O–H groups in total. The SMILES string of the molecule is Nc1cc(F)c(Cl)cc1OCC(F)(F)F. The zero-order chi connectivity index (χ0) is 11.6. The fourth-order valence-corrected chi connectivity index (χ4v) is 0.982. The van der Waals surface area contributed by atoms with Gasteiger partial charge in [0.15, 0.2) is 6.61 Å². The lowest BCUT2D eigenvalue weighted by molar-refractivity contribution is -0.153. The van der Waals surface area contributed by atoms with Gasteiger partial charge in [-0.05, 0) is 0 Å². The molecule has 7 heteroatoms. The van der Waals surface area contributed by atoms with Gasteiger partial charge in [-0.25, -0.2) is 4.39 Å². The summed E-state index contributed by atoms with van der Waals surface area (Å²) in [6.45, 7) is -1.50. The summed E-state index contributed by atoms with van der Waals surface area (Å²) in [5.74, 6) is -1.10. The Morgan fingerprint density at radius 3 is 2.47 bits per heavy atom. The van der Waals surface area contributed by atoms with E-state index >= 15 is 0 Å². The Morgan fingerprint density at radius 1 is 1.33 bits per heavy atom. The van der Waals surface area contributed by atoms with Crippen LogP contribution in [0, 0.1) is 5.82 Å². The van der Waals surface area contributed by atoms with E-state index in [9.17, 15) is 17.6 Å². The van der Waals surface area contributed by atoms with Crippen LogP contribution in [0.15, 0.2) is 12.1 Å². The molecule has 0 fully saturated rings. The first-order chi connectivity index (χ1) is 6.79. The summed E-state index contributed by atoms with van der Waals surface area (Å²) < 4.78 is 52.4. The van der Waals surface area contributed by atoms with Crippen LogP contribution in [0.1, 0.15) is 0 Å². The Bertz CT molecular complexity index is 366. The van der Waals surface area contributed by atoms with Gasteiger partial charge < -0.3 is 10.5 Å². The van der Waals surface area contributed by atoms with Crippen molar-refractivity contribution in [2.45, 2.75) is 6.18 Å². The molecular weight excluding hydrogens is 238 g/mol. The van der Waals surface area contributed by atoms with Crippen molar-refractivity contribution in [2.24, 2.45) is 0 Å². The van der Waals surface area contributed by atoms with Crippen LogP contribution in [0.2, 0.25) is 5.02 Å². The highest BCUT2D eigenvalue weighted by Crippen LogP contribution is 2.29. The molecule has 15 heavy (non-hydrogen) atoms. The predicted molar refractivity (Wildman–Crippen MR) is 47.4 cm³/mol. The van der Waals surface area contributed by atoms with E-state index in [0.29, 0.717) is 0 Å². The van der Waals surface area contributed by atoms with E-state index in [4.69, 9.17) is 17.3 Å². The monoisotopic (exact) mass is 243 g/mol. The molecule has 0 bridgehead atoms. The van der Waals surface area contributed by atoms with Crippen LogP contribution in [-0.4, -0.2) is 12.8 Å². The fraction of sp³-hybridized carbons (Fsp3) is 0.250. The quantitative estimate of drug-likeness (QED) is 0.640. The van der Waals surface area contributed by atoms with Crippen LogP contribution >= 0.6 is 11.6 Å². The minimum atomic E-state index is -4.48. The molecule has 0 spiro atoms. The number of ether oxygens (including phenoxy) is 1. The van der Waals surface area contributed by atoms with Crippen LogP contribution in [0.25, 0.3) is 0 Å². The largest absolute Gasteiger partial charge is 0.482 e. The van der Waals surface area contributed by atoms with Crippen molar-refractivity contribution in [3.8, 4) is 5.75 Å². The maximum atomic E-state index is 12.7. The van der Waals surface area contributed by atoms with Gasteiger partial charge in [-0.1, -0.05) is 11.6 Å². The molecule has 0 radical (unpaired) electrons. The van der Waals surface area contributed by atoms with E-state index in [2.05, 4.69) is 4.74 Å². The lowest BCUT2D eigenvalue weighted by atomic mass is 10.3. The molecular formula is C8H6ClF4NO. The summed E-state index contributed by atoms with van der Waals surface area (Å²) in [7, 11) is 0. The van der Waals surface area contributed by atoms with E-state index in [1.165, 1.54) is 0 Å². The zero-order valence-electron chi connectivity index (χ0n) is 7.24. The molecule has 0 heterocycles. The van der Waals surface area contributed by atoms with Crippen molar-refractivity contribution in [1.82, 2.24) is 0 Å². The van der Waals surface area contributed by atoms with Gasteiger partial charge in [0.25, 0.3) is 0 Å². The van der Waals surface area contributed by atoms with Crippen LogP contribution in [0.3, 0.4) is 0 Å². The first-order valence-electron chi connectivity index (χ1n) is 3.73. The van der Waals surface area contributed by atoms with E-state index in [0.717, 1.165) is 12.1 Å². The number of nitrogens with two attached hydrogens (primary N) is 1. The molecule has 84 valence electrons. The molecule has 1 aromatic carbocycles. The number of rotatable bonds is 2. The normalized spacial score (nSPS) is 11.5. The molecule has 0 unspecified atom stereocenters. The molecule has 0 aliphatic carbocycles. The molecule has 2 nitrogen and oxygen atoms in total. The third kappa shape index (κ3) is 3.47. The standard InChI is InChI=1S/C8H6ClF4NO/c9-4-1-7(6(14)2-5(4)10)15-3-8(11,12)13/h1-2H,3,14H2. The summed E-state index contributed by atoms with van der Waals surface area (Å²) in [6.07, 6.45) is -4.48. The van der Waals surface area contributed by atoms with Crippen molar-refractivity contribution in [1.29, 1.82) is 0 Å². The number of halogens is 5. The van der Waals surface area contributed by atoms with E-state index in [1.807, 2.05) is 0 Å². The van der Waals surface area contributed by atoms with Crippen molar-refractivity contribution in [3.63, 3.8) is 0 Å². The summed E-state index contributed by atoms with van der Waals surface area (Å²) in [5, 5.41) is -0.346. The van der Waals surface area contributed by atoms with Crippen LogP contribution in [0.5, 0.6) is 5.75 Å². The third-order valence-corrected chi connectivity index (χ3v) is 1.73. The molecule has 0 atom stereocenters. The van der Waals surface area contributed by atoms with Gasteiger partial charge in [-0.3, -0.25) is 0 Å². The molecule has 0 saturated carbocycles. The molecule has 1 aromatic rings. The Labute approximate surface area is 87.6 Å². The van der Waals surface area contributed by atoms with Gasteiger partial charge in [0.1, 0.15) is 11.6 Å². The molecule has 0 aliphatic heterocycles. The number of nitrogen functional groups attached to an aromatic ring is 1. The number of hydrogen-bond donors (Lipinski definition) is 1. The number of benzene rings is 1. The molecule has 0 amide bonds.